The predicted molar refractivity (Wildman–Crippen MR) is 119 cm³/mol. The van der Waals surface area contributed by atoms with E-state index in [0.717, 1.165) is 35.6 Å². The largest absolute Gasteiger partial charge is 0.494 e. The molecule has 0 radical (unpaired) electrons. The second-order valence-corrected chi connectivity index (χ2v) is 7.24. The van der Waals surface area contributed by atoms with Gasteiger partial charge in [-0.25, -0.2) is 4.98 Å². The van der Waals surface area contributed by atoms with Gasteiger partial charge in [-0.2, -0.15) is 0 Å². The van der Waals surface area contributed by atoms with Gasteiger partial charge in [-0.3, -0.25) is 4.79 Å². The molecular weight excluding hydrogens is 374 g/mol. The summed E-state index contributed by atoms with van der Waals surface area (Å²) >= 11 is 0. The zero-order valence-electron chi connectivity index (χ0n) is 17.0. The first kappa shape index (κ1) is 19.7. The summed E-state index contributed by atoms with van der Waals surface area (Å²) in [7, 11) is 0. The van der Waals surface area contributed by atoms with Crippen LogP contribution in [-0.4, -0.2) is 22.1 Å². The standard InChI is InChI=1S/C25H25N3O2/c1-19-9-7-12-21(17-19)30-16-8-15-28-23-14-6-5-13-22(23)27-24(28)18-26-25(29)20-10-3-2-4-11-20/h2-7,9-14,17H,8,15-16,18H2,1H3,(H,26,29). The Morgan fingerprint density at radius 1 is 1.00 bits per heavy atom. The van der Waals surface area contributed by atoms with E-state index in [0.29, 0.717) is 18.7 Å². The summed E-state index contributed by atoms with van der Waals surface area (Å²) in [4.78, 5) is 17.2. The Kier molecular flexibility index (Phi) is 6.09. The van der Waals surface area contributed by atoms with Crippen molar-refractivity contribution in [2.75, 3.05) is 6.61 Å². The van der Waals surface area contributed by atoms with Crippen LogP contribution in [-0.2, 0) is 13.1 Å². The predicted octanol–water partition coefficient (Wildman–Crippen LogP) is 4.74. The lowest BCUT2D eigenvalue weighted by Crippen LogP contribution is -2.24. The van der Waals surface area contributed by atoms with Crippen molar-refractivity contribution in [1.82, 2.24) is 14.9 Å². The number of nitrogens with zero attached hydrogens (tertiary/aromatic N) is 2. The van der Waals surface area contributed by atoms with E-state index >= 15 is 0 Å². The number of aryl methyl sites for hydroxylation is 2. The number of nitrogens with one attached hydrogen (secondary N) is 1. The van der Waals surface area contributed by atoms with Gasteiger partial charge >= 0.3 is 0 Å². The van der Waals surface area contributed by atoms with E-state index in [2.05, 4.69) is 28.9 Å². The van der Waals surface area contributed by atoms with Crippen molar-refractivity contribution < 1.29 is 9.53 Å². The molecule has 0 bridgehead atoms. The van der Waals surface area contributed by atoms with Crippen LogP contribution < -0.4 is 10.1 Å². The number of hydrogen-bond acceptors (Lipinski definition) is 3. The molecule has 0 aliphatic carbocycles. The van der Waals surface area contributed by atoms with Crippen molar-refractivity contribution in [3.63, 3.8) is 0 Å². The molecular formula is C25H25N3O2. The number of carbonyl (C=O) groups is 1. The van der Waals surface area contributed by atoms with Crippen LogP contribution in [0.15, 0.2) is 78.9 Å². The lowest BCUT2D eigenvalue weighted by atomic mass is 10.2. The maximum absolute atomic E-state index is 12.4. The molecule has 0 aliphatic heterocycles. The van der Waals surface area contributed by atoms with Crippen molar-refractivity contribution in [3.05, 3.63) is 95.8 Å². The van der Waals surface area contributed by atoms with Crippen LogP contribution in [0.5, 0.6) is 5.75 Å². The molecule has 0 aliphatic rings. The molecule has 30 heavy (non-hydrogen) atoms. The number of fused-ring (bicyclic) bond motifs is 1. The Morgan fingerprint density at radius 3 is 2.63 bits per heavy atom. The van der Waals surface area contributed by atoms with Crippen molar-refractivity contribution >= 4 is 16.9 Å². The van der Waals surface area contributed by atoms with E-state index in [-0.39, 0.29) is 5.91 Å². The lowest BCUT2D eigenvalue weighted by molar-refractivity contribution is 0.0949. The van der Waals surface area contributed by atoms with Crippen molar-refractivity contribution in [1.29, 1.82) is 0 Å². The normalized spacial score (nSPS) is 10.8. The van der Waals surface area contributed by atoms with Gasteiger partial charge < -0.3 is 14.6 Å². The molecule has 3 aromatic carbocycles. The van der Waals surface area contributed by atoms with Crippen LogP contribution >= 0.6 is 0 Å². The molecule has 152 valence electrons. The molecule has 1 aromatic heterocycles. The Labute approximate surface area is 176 Å². The highest BCUT2D eigenvalue weighted by molar-refractivity contribution is 5.94. The highest BCUT2D eigenvalue weighted by Crippen LogP contribution is 2.18. The molecule has 0 spiro atoms. The maximum atomic E-state index is 12.4. The van der Waals surface area contributed by atoms with Crippen LogP contribution in [0, 0.1) is 6.92 Å². The number of benzene rings is 3. The SMILES string of the molecule is Cc1cccc(OCCCn2c(CNC(=O)c3ccccc3)nc3ccccc32)c1. The minimum Gasteiger partial charge on any atom is -0.494 e. The fraction of sp³-hybridized carbons (Fsp3) is 0.200. The average molecular weight is 399 g/mol. The molecule has 0 saturated heterocycles. The van der Waals surface area contributed by atoms with Crippen LogP contribution in [0.1, 0.15) is 28.2 Å². The van der Waals surface area contributed by atoms with Gasteiger partial charge in [-0.05, 0) is 55.3 Å². The smallest absolute Gasteiger partial charge is 0.251 e. The number of imidazole rings is 1. The molecule has 0 fully saturated rings. The third kappa shape index (κ3) is 4.69. The first-order chi connectivity index (χ1) is 14.7. The third-order valence-electron chi connectivity index (χ3n) is 4.96. The summed E-state index contributed by atoms with van der Waals surface area (Å²) in [5.41, 5.74) is 3.83. The van der Waals surface area contributed by atoms with Gasteiger partial charge in [0.1, 0.15) is 11.6 Å². The number of aromatic nitrogens is 2. The second kappa shape index (κ2) is 9.27. The summed E-state index contributed by atoms with van der Waals surface area (Å²) in [5, 5.41) is 2.99. The van der Waals surface area contributed by atoms with Crippen molar-refractivity contribution in [3.8, 4) is 5.75 Å². The van der Waals surface area contributed by atoms with Gasteiger partial charge in [0.2, 0.25) is 0 Å². The molecule has 5 nitrogen and oxygen atoms in total. The van der Waals surface area contributed by atoms with Crippen LogP contribution in [0.3, 0.4) is 0 Å². The van der Waals surface area contributed by atoms with Crippen LogP contribution in [0.4, 0.5) is 0 Å². The Morgan fingerprint density at radius 2 is 1.80 bits per heavy atom. The number of carbonyl (C=O) groups excluding carboxylic acids is 1. The molecule has 4 rings (SSSR count). The fourth-order valence-corrected chi connectivity index (χ4v) is 3.48. The summed E-state index contributed by atoms with van der Waals surface area (Å²) < 4.78 is 8.06. The maximum Gasteiger partial charge on any atom is 0.251 e. The Balaban J connectivity index is 1.43. The van der Waals surface area contributed by atoms with Crippen molar-refractivity contribution in [2.24, 2.45) is 0 Å². The third-order valence-corrected chi connectivity index (χ3v) is 4.96. The van der Waals surface area contributed by atoms with Gasteiger partial charge in [-0.15, -0.1) is 0 Å². The number of para-hydroxylation sites is 2. The minimum absolute atomic E-state index is 0.100. The van der Waals surface area contributed by atoms with E-state index in [1.54, 1.807) is 12.1 Å². The molecule has 1 N–H and O–H groups in total. The number of hydrogen-bond donors (Lipinski definition) is 1. The Bertz CT molecular complexity index is 1140. The molecule has 5 heteroatoms. The molecule has 1 heterocycles. The van der Waals surface area contributed by atoms with E-state index in [4.69, 9.17) is 9.72 Å². The highest BCUT2D eigenvalue weighted by Gasteiger charge is 2.12. The van der Waals surface area contributed by atoms with E-state index in [1.165, 1.54) is 5.56 Å². The van der Waals surface area contributed by atoms with E-state index in [9.17, 15) is 4.79 Å². The molecule has 0 atom stereocenters. The zero-order valence-corrected chi connectivity index (χ0v) is 17.0. The second-order valence-electron chi connectivity index (χ2n) is 7.24. The average Bonchev–Trinajstić information content (AvgIpc) is 3.13. The monoisotopic (exact) mass is 399 g/mol. The Hall–Kier alpha value is -3.60. The molecule has 1 amide bonds. The van der Waals surface area contributed by atoms with Crippen LogP contribution in [0.25, 0.3) is 11.0 Å². The van der Waals surface area contributed by atoms with E-state index in [1.807, 2.05) is 54.6 Å². The highest BCUT2D eigenvalue weighted by atomic mass is 16.5. The number of amides is 1. The molecule has 0 unspecified atom stereocenters. The topological polar surface area (TPSA) is 56.1 Å². The van der Waals surface area contributed by atoms with Gasteiger partial charge in [0.05, 0.1) is 24.2 Å². The summed E-state index contributed by atoms with van der Waals surface area (Å²) in [6, 6.07) is 25.4. The minimum atomic E-state index is -0.100. The van der Waals surface area contributed by atoms with E-state index < -0.39 is 0 Å². The molecule has 4 aromatic rings. The van der Waals surface area contributed by atoms with Gasteiger partial charge in [0.25, 0.3) is 5.91 Å². The quantitative estimate of drug-likeness (QED) is 0.435. The number of rotatable bonds is 8. The zero-order chi connectivity index (χ0) is 20.8. The van der Waals surface area contributed by atoms with Crippen LogP contribution in [0.2, 0.25) is 0 Å². The van der Waals surface area contributed by atoms with Gasteiger partial charge in [-0.1, -0.05) is 42.5 Å². The molecule has 0 saturated carbocycles. The van der Waals surface area contributed by atoms with Crippen molar-refractivity contribution in [2.45, 2.75) is 26.4 Å². The summed E-state index contributed by atoms with van der Waals surface area (Å²) in [6.07, 6.45) is 0.841. The number of ether oxygens (including phenoxy) is 1. The summed E-state index contributed by atoms with van der Waals surface area (Å²) in [6.45, 7) is 3.82. The first-order valence-corrected chi connectivity index (χ1v) is 10.2. The van der Waals surface area contributed by atoms with Gasteiger partial charge in [0, 0.05) is 12.1 Å². The van der Waals surface area contributed by atoms with Gasteiger partial charge in [0.15, 0.2) is 0 Å². The lowest BCUT2D eigenvalue weighted by Gasteiger charge is -2.11. The fourth-order valence-electron chi connectivity index (χ4n) is 3.48. The first-order valence-electron chi connectivity index (χ1n) is 10.2. The summed E-state index contributed by atoms with van der Waals surface area (Å²) in [5.74, 6) is 1.63.